The maximum atomic E-state index is 13.3. The number of nitrogens with one attached hydrogen (secondary N) is 1. The largest absolute Gasteiger partial charge is 0.340 e. The van der Waals surface area contributed by atoms with Crippen LogP contribution in [0.5, 0.6) is 0 Å². The first-order valence-corrected chi connectivity index (χ1v) is 9.77. The number of nitrogens with zero attached hydrogens (tertiary/aromatic N) is 3. The minimum atomic E-state index is -0.220. The molecule has 1 amide bonds. The van der Waals surface area contributed by atoms with Crippen LogP contribution in [0, 0.1) is 11.7 Å². The minimum absolute atomic E-state index is 0. The van der Waals surface area contributed by atoms with Gasteiger partial charge in [0.15, 0.2) is 0 Å². The van der Waals surface area contributed by atoms with Gasteiger partial charge >= 0.3 is 0 Å². The van der Waals surface area contributed by atoms with Crippen LogP contribution in [-0.2, 0) is 11.3 Å². The quantitative estimate of drug-likeness (QED) is 0.863. The number of fused-ring (bicyclic) bond motifs is 1. The number of hydrogen-bond acceptors (Lipinski definition) is 5. The van der Waals surface area contributed by atoms with Gasteiger partial charge in [0.1, 0.15) is 10.8 Å². The molecule has 1 N–H and O–H groups in total. The number of hydrogen-bond donors (Lipinski definition) is 1. The lowest BCUT2D eigenvalue weighted by Gasteiger charge is -2.36. The molecule has 142 valence electrons. The summed E-state index contributed by atoms with van der Waals surface area (Å²) in [6.45, 7) is 5.96. The zero-order valence-corrected chi connectivity index (χ0v) is 16.3. The van der Waals surface area contributed by atoms with Gasteiger partial charge in [-0.1, -0.05) is 0 Å². The van der Waals surface area contributed by atoms with Crippen molar-refractivity contribution in [3.63, 3.8) is 0 Å². The second kappa shape index (κ2) is 8.61. The topological polar surface area (TPSA) is 48.5 Å². The molecular formula is C18H24ClFN4OS. The third-order valence-corrected chi connectivity index (χ3v) is 6.04. The first kappa shape index (κ1) is 19.5. The number of carbonyl (C=O) groups is 1. The molecule has 1 unspecified atom stereocenters. The number of carbonyl (C=O) groups excluding carboxylic acids is 1. The van der Waals surface area contributed by atoms with E-state index in [1.54, 1.807) is 23.5 Å². The third kappa shape index (κ3) is 4.34. The van der Waals surface area contributed by atoms with Crippen molar-refractivity contribution >= 4 is 39.9 Å². The standard InChI is InChI=1S/C18H23FN4OS.ClH/c19-14-3-4-15-16(10-14)25-17(21-15)12-22-7-1-2-13(11-22)18(24)23-8-5-20-6-9-23;/h3-4,10,13,20H,1-2,5-9,11-12H2;1H. The summed E-state index contributed by atoms with van der Waals surface area (Å²) in [4.78, 5) is 21.7. The van der Waals surface area contributed by atoms with Crippen LogP contribution in [0.2, 0.25) is 0 Å². The van der Waals surface area contributed by atoms with E-state index in [4.69, 9.17) is 0 Å². The smallest absolute Gasteiger partial charge is 0.227 e. The van der Waals surface area contributed by atoms with E-state index >= 15 is 0 Å². The molecule has 0 aliphatic carbocycles. The van der Waals surface area contributed by atoms with Crippen molar-refractivity contribution < 1.29 is 9.18 Å². The van der Waals surface area contributed by atoms with E-state index in [1.807, 2.05) is 4.90 Å². The lowest BCUT2D eigenvalue weighted by atomic mass is 9.96. The Kier molecular flexibility index (Phi) is 6.45. The van der Waals surface area contributed by atoms with Crippen molar-refractivity contribution in [2.45, 2.75) is 19.4 Å². The Labute approximate surface area is 163 Å². The van der Waals surface area contributed by atoms with E-state index in [1.165, 1.54) is 6.07 Å². The van der Waals surface area contributed by atoms with E-state index in [0.717, 1.165) is 73.9 Å². The van der Waals surface area contributed by atoms with Gasteiger partial charge in [-0.2, -0.15) is 0 Å². The highest BCUT2D eigenvalue weighted by atomic mass is 35.5. The van der Waals surface area contributed by atoms with Gasteiger partial charge in [0.05, 0.1) is 22.7 Å². The number of aromatic nitrogens is 1. The van der Waals surface area contributed by atoms with Gasteiger partial charge in [0.2, 0.25) is 5.91 Å². The average Bonchev–Trinajstić information content (AvgIpc) is 3.03. The molecule has 0 bridgehead atoms. The lowest BCUT2D eigenvalue weighted by molar-refractivity contribution is -0.138. The Balaban J connectivity index is 0.00000196. The molecule has 1 aromatic heterocycles. The maximum Gasteiger partial charge on any atom is 0.227 e. The van der Waals surface area contributed by atoms with Crippen molar-refractivity contribution in [2.75, 3.05) is 39.3 Å². The monoisotopic (exact) mass is 398 g/mol. The fourth-order valence-corrected chi connectivity index (χ4v) is 4.78. The predicted molar refractivity (Wildman–Crippen MR) is 104 cm³/mol. The van der Waals surface area contributed by atoms with Gasteiger partial charge in [0, 0.05) is 32.7 Å². The Morgan fingerprint density at radius 1 is 1.31 bits per heavy atom. The number of amides is 1. The fraction of sp³-hybridized carbons (Fsp3) is 0.556. The molecule has 5 nitrogen and oxygen atoms in total. The molecule has 2 aliphatic heterocycles. The molecule has 0 saturated carbocycles. The van der Waals surface area contributed by atoms with Gasteiger partial charge in [-0.05, 0) is 37.6 Å². The minimum Gasteiger partial charge on any atom is -0.340 e. The van der Waals surface area contributed by atoms with Crippen molar-refractivity contribution in [1.82, 2.24) is 20.1 Å². The summed E-state index contributed by atoms with van der Waals surface area (Å²) in [5.41, 5.74) is 0.854. The Bertz CT molecular complexity index is 765. The number of piperazine rings is 1. The summed E-state index contributed by atoms with van der Waals surface area (Å²) in [7, 11) is 0. The molecule has 3 heterocycles. The van der Waals surface area contributed by atoms with Gasteiger partial charge in [-0.15, -0.1) is 23.7 Å². The summed E-state index contributed by atoms with van der Waals surface area (Å²) >= 11 is 1.55. The molecule has 0 spiro atoms. The Morgan fingerprint density at radius 2 is 2.12 bits per heavy atom. The van der Waals surface area contributed by atoms with Gasteiger partial charge in [0.25, 0.3) is 0 Å². The van der Waals surface area contributed by atoms with Crippen LogP contribution in [-0.4, -0.2) is 60.0 Å². The molecule has 26 heavy (non-hydrogen) atoms. The predicted octanol–water partition coefficient (Wildman–Crippen LogP) is 2.50. The number of piperidine rings is 1. The Morgan fingerprint density at radius 3 is 2.92 bits per heavy atom. The van der Waals surface area contributed by atoms with Gasteiger partial charge in [-0.3, -0.25) is 9.69 Å². The Hall–Kier alpha value is -1.28. The SMILES string of the molecule is Cl.O=C(C1CCCN(Cc2nc3ccc(F)cc3s2)C1)N1CCNCC1. The van der Waals surface area contributed by atoms with Crippen molar-refractivity contribution in [3.05, 3.63) is 29.0 Å². The molecular weight excluding hydrogens is 375 g/mol. The first-order valence-electron chi connectivity index (χ1n) is 8.96. The number of thiazole rings is 1. The summed E-state index contributed by atoms with van der Waals surface area (Å²) < 4.78 is 14.2. The summed E-state index contributed by atoms with van der Waals surface area (Å²) in [5.74, 6) is 0.179. The maximum absolute atomic E-state index is 13.3. The van der Waals surface area contributed by atoms with Crippen molar-refractivity contribution in [2.24, 2.45) is 5.92 Å². The van der Waals surface area contributed by atoms with Crippen LogP contribution in [0.4, 0.5) is 4.39 Å². The first-order chi connectivity index (χ1) is 12.2. The normalized spacial score (nSPS) is 21.6. The molecule has 1 atom stereocenters. The molecule has 8 heteroatoms. The lowest BCUT2D eigenvalue weighted by Crippen LogP contribution is -2.51. The molecule has 0 radical (unpaired) electrons. The van der Waals surface area contributed by atoms with Crippen molar-refractivity contribution in [1.29, 1.82) is 0 Å². The number of rotatable bonds is 3. The zero-order chi connectivity index (χ0) is 17.2. The molecule has 2 fully saturated rings. The van der Waals surface area contributed by atoms with Crippen LogP contribution in [0.1, 0.15) is 17.8 Å². The highest BCUT2D eigenvalue weighted by molar-refractivity contribution is 7.18. The van der Waals surface area contributed by atoms with E-state index in [-0.39, 0.29) is 24.1 Å². The van der Waals surface area contributed by atoms with Crippen LogP contribution in [0.25, 0.3) is 10.2 Å². The van der Waals surface area contributed by atoms with Crippen LogP contribution in [0.15, 0.2) is 18.2 Å². The summed E-state index contributed by atoms with van der Waals surface area (Å²) in [5, 5.41) is 4.29. The van der Waals surface area contributed by atoms with E-state index in [2.05, 4.69) is 15.2 Å². The summed E-state index contributed by atoms with van der Waals surface area (Å²) in [6, 6.07) is 4.73. The number of likely N-dealkylation sites (tertiary alicyclic amines) is 1. The zero-order valence-electron chi connectivity index (χ0n) is 14.6. The van der Waals surface area contributed by atoms with E-state index in [0.29, 0.717) is 5.91 Å². The van der Waals surface area contributed by atoms with E-state index < -0.39 is 0 Å². The third-order valence-electron chi connectivity index (χ3n) is 5.04. The number of halogens is 2. The van der Waals surface area contributed by atoms with Crippen LogP contribution < -0.4 is 5.32 Å². The van der Waals surface area contributed by atoms with E-state index in [9.17, 15) is 9.18 Å². The van der Waals surface area contributed by atoms with Crippen LogP contribution in [0.3, 0.4) is 0 Å². The number of benzene rings is 1. The second-order valence-electron chi connectivity index (χ2n) is 6.87. The average molecular weight is 399 g/mol. The highest BCUT2D eigenvalue weighted by Gasteiger charge is 2.30. The molecule has 2 aliphatic rings. The molecule has 4 rings (SSSR count). The molecule has 2 aromatic rings. The molecule has 1 aromatic carbocycles. The van der Waals surface area contributed by atoms with Gasteiger partial charge in [-0.25, -0.2) is 9.37 Å². The summed E-state index contributed by atoms with van der Waals surface area (Å²) in [6.07, 6.45) is 2.02. The fourth-order valence-electron chi connectivity index (χ4n) is 3.75. The molecule has 2 saturated heterocycles. The van der Waals surface area contributed by atoms with Crippen LogP contribution >= 0.6 is 23.7 Å². The van der Waals surface area contributed by atoms with Crippen molar-refractivity contribution in [3.8, 4) is 0 Å². The second-order valence-corrected chi connectivity index (χ2v) is 7.98. The van der Waals surface area contributed by atoms with Gasteiger partial charge < -0.3 is 10.2 Å². The highest BCUT2D eigenvalue weighted by Crippen LogP contribution is 2.26.